The van der Waals surface area contributed by atoms with E-state index in [0.717, 1.165) is 15.8 Å². The van der Waals surface area contributed by atoms with Gasteiger partial charge in [-0.2, -0.15) is 4.99 Å². The zero-order valence-corrected chi connectivity index (χ0v) is 16.9. The lowest BCUT2D eigenvalue weighted by molar-refractivity contribution is -0.120. The number of hydrogen-bond acceptors (Lipinski definition) is 4. The predicted octanol–water partition coefficient (Wildman–Crippen LogP) is 3.78. The average molecular weight is 385 g/mol. The molecular weight excluding hydrogens is 360 g/mol. The van der Waals surface area contributed by atoms with Crippen LogP contribution >= 0.6 is 11.3 Å². The monoisotopic (exact) mass is 384 g/mol. The number of fused-ring (bicyclic) bond motifs is 1. The fourth-order valence-electron chi connectivity index (χ4n) is 2.80. The molecule has 3 rings (SSSR count). The van der Waals surface area contributed by atoms with E-state index in [9.17, 15) is 4.79 Å². The standard InChI is InChI=1S/C21H24N2O3S/c1-14-7-5-6-8-18(14)26-13-20(24)22-21-23(9-10-25-4)17-11-15(2)16(3)12-19(17)27-21/h5-8,11-12H,9-10,13H2,1-4H3. The third-order valence-corrected chi connectivity index (χ3v) is 5.52. The first kappa shape index (κ1) is 19.3. The van der Waals surface area contributed by atoms with Crippen LogP contribution in [0.1, 0.15) is 16.7 Å². The van der Waals surface area contributed by atoms with Crippen molar-refractivity contribution in [2.45, 2.75) is 27.3 Å². The molecule has 0 fully saturated rings. The van der Waals surface area contributed by atoms with Gasteiger partial charge in [-0.05, 0) is 55.7 Å². The second-order valence-electron chi connectivity index (χ2n) is 6.49. The van der Waals surface area contributed by atoms with E-state index in [1.807, 2.05) is 35.8 Å². The van der Waals surface area contributed by atoms with Crippen molar-refractivity contribution in [1.29, 1.82) is 0 Å². The summed E-state index contributed by atoms with van der Waals surface area (Å²) < 4.78 is 14.0. The van der Waals surface area contributed by atoms with E-state index in [1.54, 1.807) is 7.11 Å². The highest BCUT2D eigenvalue weighted by Gasteiger charge is 2.10. The van der Waals surface area contributed by atoms with Gasteiger partial charge in [0.05, 0.1) is 16.8 Å². The van der Waals surface area contributed by atoms with Crippen LogP contribution in [0.25, 0.3) is 10.2 Å². The molecule has 5 nitrogen and oxygen atoms in total. The molecule has 1 heterocycles. The molecule has 1 amide bonds. The molecule has 142 valence electrons. The molecule has 0 unspecified atom stereocenters. The molecule has 2 aromatic carbocycles. The van der Waals surface area contributed by atoms with Crippen LogP contribution in [-0.4, -0.2) is 30.8 Å². The molecule has 0 bridgehead atoms. The van der Waals surface area contributed by atoms with Gasteiger partial charge in [-0.1, -0.05) is 29.5 Å². The zero-order valence-electron chi connectivity index (χ0n) is 16.1. The number of thiazole rings is 1. The Bertz CT molecular complexity index is 1030. The zero-order chi connectivity index (χ0) is 19.4. The van der Waals surface area contributed by atoms with E-state index >= 15 is 0 Å². The molecule has 27 heavy (non-hydrogen) atoms. The summed E-state index contributed by atoms with van der Waals surface area (Å²) in [4.78, 5) is 17.4. The summed E-state index contributed by atoms with van der Waals surface area (Å²) in [5.41, 5.74) is 4.51. The molecule has 6 heteroatoms. The van der Waals surface area contributed by atoms with Gasteiger partial charge in [0.25, 0.3) is 5.91 Å². The molecule has 0 atom stereocenters. The summed E-state index contributed by atoms with van der Waals surface area (Å²) in [6, 6.07) is 11.9. The largest absolute Gasteiger partial charge is 0.483 e. The molecule has 0 radical (unpaired) electrons. The molecule has 1 aromatic heterocycles. The molecule has 3 aromatic rings. The maximum absolute atomic E-state index is 12.4. The summed E-state index contributed by atoms with van der Waals surface area (Å²) in [5.74, 6) is 0.403. The summed E-state index contributed by atoms with van der Waals surface area (Å²) in [7, 11) is 1.67. The first-order valence-corrected chi connectivity index (χ1v) is 9.66. The van der Waals surface area contributed by atoms with Crippen LogP contribution < -0.4 is 9.54 Å². The van der Waals surface area contributed by atoms with Gasteiger partial charge < -0.3 is 14.0 Å². The number of amides is 1. The number of aromatic nitrogens is 1. The van der Waals surface area contributed by atoms with Gasteiger partial charge in [0.15, 0.2) is 11.4 Å². The Balaban J connectivity index is 1.91. The van der Waals surface area contributed by atoms with Crippen LogP contribution in [0.4, 0.5) is 0 Å². The number of ether oxygens (including phenoxy) is 2. The number of benzene rings is 2. The number of aryl methyl sites for hydroxylation is 3. The Morgan fingerprint density at radius 2 is 1.85 bits per heavy atom. The minimum atomic E-state index is -0.301. The molecule has 0 N–H and O–H groups in total. The number of carbonyl (C=O) groups excluding carboxylic acids is 1. The first-order valence-electron chi connectivity index (χ1n) is 8.85. The Morgan fingerprint density at radius 3 is 2.59 bits per heavy atom. The van der Waals surface area contributed by atoms with E-state index in [2.05, 4.69) is 31.0 Å². The van der Waals surface area contributed by atoms with E-state index in [4.69, 9.17) is 9.47 Å². The van der Waals surface area contributed by atoms with Crippen LogP contribution in [0.2, 0.25) is 0 Å². The summed E-state index contributed by atoms with van der Waals surface area (Å²) in [6.45, 7) is 7.24. The quantitative estimate of drug-likeness (QED) is 0.650. The van der Waals surface area contributed by atoms with E-state index in [0.29, 0.717) is 23.7 Å². The fourth-order valence-corrected chi connectivity index (χ4v) is 3.96. The topological polar surface area (TPSA) is 52.8 Å². The Kier molecular flexibility index (Phi) is 6.08. The number of hydrogen-bond donors (Lipinski definition) is 0. The lowest BCUT2D eigenvalue weighted by Gasteiger charge is -2.07. The number of para-hydroxylation sites is 1. The van der Waals surface area contributed by atoms with E-state index in [-0.39, 0.29) is 12.5 Å². The molecular formula is C21H24N2O3S. The molecule has 0 spiro atoms. The normalized spacial score (nSPS) is 11.9. The SMILES string of the molecule is COCCn1c(=NC(=O)COc2ccccc2C)sc2cc(C)c(C)cc21. The lowest BCUT2D eigenvalue weighted by Crippen LogP contribution is -2.21. The second-order valence-corrected chi connectivity index (χ2v) is 7.50. The Labute approximate surface area is 162 Å². The second kappa shape index (κ2) is 8.50. The van der Waals surface area contributed by atoms with Crippen molar-refractivity contribution >= 4 is 27.5 Å². The van der Waals surface area contributed by atoms with Gasteiger partial charge >= 0.3 is 0 Å². The minimum absolute atomic E-state index is 0.0819. The third-order valence-electron chi connectivity index (χ3n) is 4.48. The molecule has 0 saturated carbocycles. The highest BCUT2D eigenvalue weighted by molar-refractivity contribution is 7.16. The highest BCUT2D eigenvalue weighted by atomic mass is 32.1. The van der Waals surface area contributed by atoms with E-state index < -0.39 is 0 Å². The van der Waals surface area contributed by atoms with Gasteiger partial charge in [0.2, 0.25) is 0 Å². The van der Waals surface area contributed by atoms with Crippen LogP contribution in [0.15, 0.2) is 41.4 Å². The number of carbonyl (C=O) groups is 1. The van der Waals surface area contributed by atoms with Crippen molar-refractivity contribution in [3.8, 4) is 5.75 Å². The van der Waals surface area contributed by atoms with Crippen molar-refractivity contribution in [1.82, 2.24) is 4.57 Å². The summed E-state index contributed by atoms with van der Waals surface area (Å²) >= 11 is 1.51. The molecule has 0 aliphatic rings. The summed E-state index contributed by atoms with van der Waals surface area (Å²) in [6.07, 6.45) is 0. The summed E-state index contributed by atoms with van der Waals surface area (Å²) in [5, 5.41) is 0. The maximum atomic E-state index is 12.4. The Hall–Kier alpha value is -2.44. The van der Waals surface area contributed by atoms with Crippen molar-refractivity contribution < 1.29 is 14.3 Å². The average Bonchev–Trinajstić information content (AvgIpc) is 2.95. The van der Waals surface area contributed by atoms with Gasteiger partial charge in [-0.15, -0.1) is 0 Å². The van der Waals surface area contributed by atoms with Crippen molar-refractivity contribution in [2.24, 2.45) is 4.99 Å². The number of nitrogens with zero attached hydrogens (tertiary/aromatic N) is 2. The van der Waals surface area contributed by atoms with Crippen LogP contribution in [0, 0.1) is 20.8 Å². The Morgan fingerprint density at radius 1 is 1.11 bits per heavy atom. The molecule has 0 aliphatic heterocycles. The van der Waals surface area contributed by atoms with Gasteiger partial charge in [0.1, 0.15) is 5.75 Å². The highest BCUT2D eigenvalue weighted by Crippen LogP contribution is 2.22. The van der Waals surface area contributed by atoms with Crippen molar-refractivity contribution in [2.75, 3.05) is 20.3 Å². The lowest BCUT2D eigenvalue weighted by atomic mass is 10.1. The van der Waals surface area contributed by atoms with Gasteiger partial charge in [-0.25, -0.2) is 0 Å². The predicted molar refractivity (Wildman–Crippen MR) is 108 cm³/mol. The first-order chi connectivity index (χ1) is 13.0. The number of rotatable bonds is 6. The number of methoxy groups -OCH3 is 1. The minimum Gasteiger partial charge on any atom is -0.483 e. The van der Waals surface area contributed by atoms with Gasteiger partial charge in [0, 0.05) is 13.7 Å². The van der Waals surface area contributed by atoms with Gasteiger partial charge in [-0.3, -0.25) is 4.79 Å². The van der Waals surface area contributed by atoms with Crippen LogP contribution in [-0.2, 0) is 16.1 Å². The van der Waals surface area contributed by atoms with Crippen molar-refractivity contribution in [3.05, 3.63) is 57.9 Å². The third kappa shape index (κ3) is 4.46. The van der Waals surface area contributed by atoms with E-state index in [1.165, 1.54) is 22.5 Å². The molecule has 0 aliphatic carbocycles. The smallest absolute Gasteiger partial charge is 0.286 e. The van der Waals surface area contributed by atoms with Crippen LogP contribution in [0.3, 0.4) is 0 Å². The maximum Gasteiger partial charge on any atom is 0.286 e. The molecule has 0 saturated heterocycles. The van der Waals surface area contributed by atoms with Crippen molar-refractivity contribution in [3.63, 3.8) is 0 Å². The van der Waals surface area contributed by atoms with Crippen LogP contribution in [0.5, 0.6) is 5.75 Å². The fraction of sp³-hybridized carbons (Fsp3) is 0.333.